The van der Waals surface area contributed by atoms with Gasteiger partial charge >= 0.3 is 0 Å². The van der Waals surface area contributed by atoms with Crippen LogP contribution in [0.5, 0.6) is 0 Å². The van der Waals surface area contributed by atoms with Gasteiger partial charge < -0.3 is 15.5 Å². The van der Waals surface area contributed by atoms with Crippen molar-refractivity contribution in [2.75, 3.05) is 39.8 Å². The highest BCUT2D eigenvalue weighted by atomic mass is 127. The summed E-state index contributed by atoms with van der Waals surface area (Å²) >= 11 is 1.80. The van der Waals surface area contributed by atoms with Crippen LogP contribution in [0.25, 0.3) is 0 Å². The molecule has 1 saturated heterocycles. The summed E-state index contributed by atoms with van der Waals surface area (Å²) in [5.41, 5.74) is 1.16. The summed E-state index contributed by atoms with van der Waals surface area (Å²) < 4.78 is 0. The number of thiazole rings is 1. The quantitative estimate of drug-likeness (QED) is 0.243. The second kappa shape index (κ2) is 12.9. The van der Waals surface area contributed by atoms with Gasteiger partial charge in [0.25, 0.3) is 0 Å². The Morgan fingerprint density at radius 3 is 2.41 bits per heavy atom. The maximum Gasteiger partial charge on any atom is 0.190 e. The SMILES string of the molecule is CN=C(NCCCCN1CC(C)CC(C)C1)NCCc1nc(C)c(C)s1.I. The predicted molar refractivity (Wildman–Crippen MR) is 129 cm³/mol. The third kappa shape index (κ3) is 9.09. The fourth-order valence-corrected chi connectivity index (χ4v) is 4.73. The van der Waals surface area contributed by atoms with Crippen molar-refractivity contribution in [2.24, 2.45) is 16.8 Å². The van der Waals surface area contributed by atoms with Crippen molar-refractivity contribution in [2.45, 2.75) is 53.4 Å². The molecule has 2 rings (SSSR count). The van der Waals surface area contributed by atoms with Gasteiger partial charge in [-0.25, -0.2) is 4.98 Å². The zero-order valence-electron chi connectivity index (χ0n) is 17.7. The van der Waals surface area contributed by atoms with E-state index in [0.717, 1.165) is 43.0 Å². The molecule has 0 aliphatic carbocycles. The second-order valence-corrected chi connectivity index (χ2v) is 9.13. The van der Waals surface area contributed by atoms with Gasteiger partial charge in [0.1, 0.15) is 0 Å². The van der Waals surface area contributed by atoms with E-state index in [-0.39, 0.29) is 24.0 Å². The third-order valence-electron chi connectivity index (χ3n) is 5.07. The first-order valence-electron chi connectivity index (χ1n) is 10.1. The van der Waals surface area contributed by atoms with E-state index < -0.39 is 0 Å². The lowest BCUT2D eigenvalue weighted by molar-refractivity contribution is 0.139. The van der Waals surface area contributed by atoms with Crippen LogP contribution in [0.15, 0.2) is 4.99 Å². The van der Waals surface area contributed by atoms with Crippen molar-refractivity contribution in [3.63, 3.8) is 0 Å². The van der Waals surface area contributed by atoms with Crippen molar-refractivity contribution in [1.29, 1.82) is 0 Å². The van der Waals surface area contributed by atoms with Gasteiger partial charge in [-0.2, -0.15) is 0 Å². The Balaban J connectivity index is 0.00000364. The number of likely N-dealkylation sites (tertiary alicyclic amines) is 1. The molecule has 5 nitrogen and oxygen atoms in total. The number of aromatic nitrogens is 1. The first kappa shape index (κ1) is 24.6. The molecular formula is C20H38IN5S. The molecule has 7 heteroatoms. The molecule has 1 aliphatic heterocycles. The molecule has 2 atom stereocenters. The highest BCUT2D eigenvalue weighted by Gasteiger charge is 2.20. The van der Waals surface area contributed by atoms with Gasteiger partial charge in [0, 0.05) is 44.5 Å². The number of piperidine rings is 1. The number of aryl methyl sites for hydroxylation is 2. The van der Waals surface area contributed by atoms with Crippen LogP contribution < -0.4 is 10.6 Å². The Bertz CT molecular complexity index is 545. The van der Waals surface area contributed by atoms with Crippen LogP contribution in [-0.4, -0.2) is 55.6 Å². The Hall–Kier alpha value is -0.410. The van der Waals surface area contributed by atoms with Gasteiger partial charge in [-0.05, 0) is 51.5 Å². The number of rotatable bonds is 8. The number of nitrogens with one attached hydrogen (secondary N) is 2. The number of unbranched alkanes of at least 4 members (excludes halogenated alkanes) is 1. The van der Waals surface area contributed by atoms with Crippen molar-refractivity contribution in [3.8, 4) is 0 Å². The van der Waals surface area contributed by atoms with Gasteiger partial charge in [0.15, 0.2) is 5.96 Å². The Labute approximate surface area is 186 Å². The molecule has 156 valence electrons. The molecule has 0 bridgehead atoms. The van der Waals surface area contributed by atoms with E-state index in [1.807, 2.05) is 7.05 Å². The Kier molecular flexibility index (Phi) is 11.8. The maximum absolute atomic E-state index is 4.59. The van der Waals surface area contributed by atoms with Crippen LogP contribution in [0.3, 0.4) is 0 Å². The van der Waals surface area contributed by atoms with Crippen molar-refractivity contribution in [3.05, 3.63) is 15.6 Å². The molecule has 2 N–H and O–H groups in total. The fraction of sp³-hybridized carbons (Fsp3) is 0.800. The van der Waals surface area contributed by atoms with Gasteiger partial charge in [0.05, 0.1) is 10.7 Å². The smallest absolute Gasteiger partial charge is 0.190 e. The summed E-state index contributed by atoms with van der Waals surface area (Å²) in [6, 6.07) is 0. The molecule has 0 radical (unpaired) electrons. The van der Waals surface area contributed by atoms with Crippen LogP contribution >= 0.6 is 35.3 Å². The lowest BCUT2D eigenvalue weighted by atomic mass is 9.92. The Morgan fingerprint density at radius 2 is 1.81 bits per heavy atom. The molecular weight excluding hydrogens is 469 g/mol. The highest BCUT2D eigenvalue weighted by Crippen LogP contribution is 2.21. The van der Waals surface area contributed by atoms with Crippen molar-refractivity contribution in [1.82, 2.24) is 20.5 Å². The maximum atomic E-state index is 4.59. The Morgan fingerprint density at radius 1 is 1.15 bits per heavy atom. The molecule has 0 spiro atoms. The summed E-state index contributed by atoms with van der Waals surface area (Å²) in [5, 5.41) is 8.03. The van der Waals surface area contributed by atoms with Crippen molar-refractivity contribution < 1.29 is 0 Å². The van der Waals surface area contributed by atoms with Gasteiger partial charge in [-0.15, -0.1) is 35.3 Å². The molecule has 2 unspecified atom stereocenters. The normalized spacial score (nSPS) is 21.0. The van der Waals surface area contributed by atoms with Crippen LogP contribution in [0.2, 0.25) is 0 Å². The van der Waals surface area contributed by atoms with Crippen LogP contribution in [-0.2, 0) is 6.42 Å². The summed E-state index contributed by atoms with van der Waals surface area (Å²) in [4.78, 5) is 12.9. The molecule has 0 amide bonds. The van der Waals surface area contributed by atoms with E-state index in [1.165, 1.54) is 48.8 Å². The highest BCUT2D eigenvalue weighted by molar-refractivity contribution is 14.0. The molecule has 1 fully saturated rings. The van der Waals surface area contributed by atoms with E-state index in [2.05, 4.69) is 53.2 Å². The minimum Gasteiger partial charge on any atom is -0.356 e. The molecule has 27 heavy (non-hydrogen) atoms. The number of hydrogen-bond acceptors (Lipinski definition) is 4. The minimum atomic E-state index is 0. The fourth-order valence-electron chi connectivity index (χ4n) is 3.80. The predicted octanol–water partition coefficient (Wildman–Crippen LogP) is 3.84. The summed E-state index contributed by atoms with van der Waals surface area (Å²) in [5.74, 6) is 2.60. The molecule has 1 aromatic rings. The molecule has 2 heterocycles. The first-order valence-corrected chi connectivity index (χ1v) is 10.9. The van der Waals surface area contributed by atoms with E-state index in [1.54, 1.807) is 11.3 Å². The zero-order valence-corrected chi connectivity index (χ0v) is 20.8. The number of nitrogens with zero attached hydrogens (tertiary/aromatic N) is 3. The second-order valence-electron chi connectivity index (χ2n) is 7.84. The summed E-state index contributed by atoms with van der Waals surface area (Å²) in [6.07, 6.45) is 4.78. The van der Waals surface area contributed by atoms with Gasteiger partial charge in [-0.1, -0.05) is 13.8 Å². The lowest BCUT2D eigenvalue weighted by Gasteiger charge is -2.34. The molecule has 1 aliphatic rings. The molecule has 1 aromatic heterocycles. The van der Waals surface area contributed by atoms with Crippen molar-refractivity contribution >= 4 is 41.3 Å². The number of halogens is 1. The van der Waals surface area contributed by atoms with Gasteiger partial charge in [0.2, 0.25) is 0 Å². The van der Waals surface area contributed by atoms with Crippen LogP contribution in [0.1, 0.15) is 48.7 Å². The van der Waals surface area contributed by atoms with Crippen LogP contribution in [0.4, 0.5) is 0 Å². The minimum absolute atomic E-state index is 0. The average Bonchev–Trinajstić information content (AvgIpc) is 2.90. The summed E-state index contributed by atoms with van der Waals surface area (Å²) in [6.45, 7) is 14.6. The zero-order chi connectivity index (χ0) is 18.9. The monoisotopic (exact) mass is 507 g/mol. The van der Waals surface area contributed by atoms with E-state index in [4.69, 9.17) is 0 Å². The third-order valence-corrected chi connectivity index (χ3v) is 6.20. The largest absolute Gasteiger partial charge is 0.356 e. The van der Waals surface area contributed by atoms with E-state index in [9.17, 15) is 0 Å². The summed E-state index contributed by atoms with van der Waals surface area (Å²) in [7, 11) is 1.84. The number of guanidine groups is 1. The molecule has 0 aromatic carbocycles. The average molecular weight is 508 g/mol. The lowest BCUT2D eigenvalue weighted by Crippen LogP contribution is -2.40. The van der Waals surface area contributed by atoms with E-state index in [0.29, 0.717) is 0 Å². The molecule has 0 saturated carbocycles. The first-order chi connectivity index (χ1) is 12.5. The standard InChI is InChI=1S/C20H37N5S.HI/c1-15-12-16(2)14-25(13-15)11-7-6-9-22-20(21-5)23-10-8-19-24-17(3)18(4)26-19;/h15-16H,6-14H2,1-5H3,(H2,21,22,23);1H. The van der Waals surface area contributed by atoms with Gasteiger partial charge in [-0.3, -0.25) is 4.99 Å². The topological polar surface area (TPSA) is 52.6 Å². The number of hydrogen-bond donors (Lipinski definition) is 2. The van der Waals surface area contributed by atoms with Crippen LogP contribution in [0, 0.1) is 25.7 Å². The van der Waals surface area contributed by atoms with E-state index >= 15 is 0 Å². The number of aliphatic imine (C=N–C) groups is 1.